The third-order valence-electron chi connectivity index (χ3n) is 2.27. The summed E-state index contributed by atoms with van der Waals surface area (Å²) in [6.45, 7) is 0. The summed E-state index contributed by atoms with van der Waals surface area (Å²) in [7, 11) is 0. The number of aromatic amines is 1. The van der Waals surface area contributed by atoms with Crippen molar-refractivity contribution in [2.75, 3.05) is 10.6 Å². The van der Waals surface area contributed by atoms with E-state index in [4.69, 9.17) is 10.5 Å². The predicted molar refractivity (Wildman–Crippen MR) is 67.1 cm³/mol. The van der Waals surface area contributed by atoms with E-state index >= 15 is 0 Å². The van der Waals surface area contributed by atoms with Crippen molar-refractivity contribution in [3.63, 3.8) is 0 Å². The summed E-state index contributed by atoms with van der Waals surface area (Å²) < 4.78 is 0. The van der Waals surface area contributed by atoms with E-state index in [1.54, 1.807) is 24.3 Å². The molecule has 0 saturated heterocycles. The van der Waals surface area contributed by atoms with Crippen LogP contribution in [0.4, 0.5) is 16.3 Å². The number of anilines is 2. The smallest absolute Gasteiger partial charge is 0.308 e. The summed E-state index contributed by atoms with van der Waals surface area (Å²) in [5.41, 5.74) is 1.29. The van der Waals surface area contributed by atoms with E-state index in [1.165, 1.54) is 6.20 Å². The van der Waals surface area contributed by atoms with Crippen LogP contribution in [-0.2, 0) is 0 Å². The molecule has 0 radical (unpaired) electrons. The molecule has 1 heterocycles. The molecule has 0 saturated carbocycles. The molecule has 0 aliphatic rings. The van der Waals surface area contributed by atoms with Gasteiger partial charge in [-0.1, -0.05) is 0 Å². The predicted octanol–water partition coefficient (Wildman–Crippen LogP) is 1.80. The highest BCUT2D eigenvalue weighted by atomic mass is 16.2. The van der Waals surface area contributed by atoms with Crippen LogP contribution in [0.2, 0.25) is 0 Å². The maximum absolute atomic E-state index is 11.7. The Morgan fingerprint density at radius 3 is 2.53 bits per heavy atom. The molecule has 1 aromatic carbocycles. The van der Waals surface area contributed by atoms with Gasteiger partial charge < -0.3 is 5.32 Å². The topological polar surface area (TPSA) is 117 Å². The first-order valence-corrected chi connectivity index (χ1v) is 5.24. The lowest BCUT2D eigenvalue weighted by Gasteiger charge is -2.06. The van der Waals surface area contributed by atoms with Crippen LogP contribution in [-0.4, -0.2) is 16.2 Å². The van der Waals surface area contributed by atoms with E-state index in [2.05, 4.69) is 20.8 Å². The van der Waals surface area contributed by atoms with E-state index < -0.39 is 6.03 Å². The number of carbonyl (C=O) groups excluding carboxylic acids is 1. The fraction of sp³-hybridized carbons (Fsp3) is 0. The third kappa shape index (κ3) is 2.87. The molecular formula is C12H8N6O. The quantitative estimate of drug-likeness (QED) is 0.755. The molecule has 0 aliphatic carbocycles. The highest BCUT2D eigenvalue weighted by Gasteiger charge is 2.08. The SMILES string of the molecule is N#Cc1ccc(NC(=O)Nc2[nH]ncc2C#N)cc1. The molecule has 7 nitrogen and oxygen atoms in total. The van der Waals surface area contributed by atoms with Gasteiger partial charge in [0.05, 0.1) is 17.8 Å². The first kappa shape index (κ1) is 12.1. The highest BCUT2D eigenvalue weighted by Crippen LogP contribution is 2.11. The van der Waals surface area contributed by atoms with Crippen molar-refractivity contribution in [3.05, 3.63) is 41.6 Å². The summed E-state index contributed by atoms with van der Waals surface area (Å²) in [6.07, 6.45) is 1.32. The number of H-pyrrole nitrogens is 1. The number of nitriles is 2. The van der Waals surface area contributed by atoms with Gasteiger partial charge in [0.15, 0.2) is 0 Å². The number of hydrogen-bond acceptors (Lipinski definition) is 4. The Bertz CT molecular complexity index is 673. The number of urea groups is 1. The van der Waals surface area contributed by atoms with Crippen LogP contribution < -0.4 is 10.6 Å². The highest BCUT2D eigenvalue weighted by molar-refractivity contribution is 5.99. The van der Waals surface area contributed by atoms with Crippen LogP contribution in [0, 0.1) is 22.7 Å². The zero-order valence-corrected chi connectivity index (χ0v) is 9.64. The number of nitrogens with one attached hydrogen (secondary N) is 3. The fourth-order valence-corrected chi connectivity index (χ4v) is 1.37. The third-order valence-corrected chi connectivity index (χ3v) is 2.27. The van der Waals surface area contributed by atoms with Gasteiger partial charge in [-0.25, -0.2) is 4.79 Å². The molecule has 19 heavy (non-hydrogen) atoms. The van der Waals surface area contributed by atoms with Gasteiger partial charge in [-0.15, -0.1) is 0 Å². The second-order valence-corrected chi connectivity index (χ2v) is 3.54. The van der Waals surface area contributed by atoms with E-state index in [0.717, 1.165) is 0 Å². The van der Waals surface area contributed by atoms with Crippen molar-refractivity contribution in [1.82, 2.24) is 10.2 Å². The normalized spacial score (nSPS) is 9.16. The van der Waals surface area contributed by atoms with Crippen molar-refractivity contribution in [1.29, 1.82) is 10.5 Å². The molecule has 2 rings (SSSR count). The van der Waals surface area contributed by atoms with Crippen molar-refractivity contribution in [2.24, 2.45) is 0 Å². The minimum atomic E-state index is -0.509. The Kier molecular flexibility index (Phi) is 3.41. The number of rotatable bonds is 2. The average Bonchev–Trinajstić information content (AvgIpc) is 2.86. The van der Waals surface area contributed by atoms with Crippen LogP contribution in [0.15, 0.2) is 30.5 Å². The van der Waals surface area contributed by atoms with Gasteiger partial charge in [0, 0.05) is 5.69 Å². The van der Waals surface area contributed by atoms with Crippen LogP contribution >= 0.6 is 0 Å². The van der Waals surface area contributed by atoms with Crippen LogP contribution in [0.5, 0.6) is 0 Å². The van der Waals surface area contributed by atoms with Gasteiger partial charge in [0.1, 0.15) is 17.5 Å². The molecule has 7 heteroatoms. The van der Waals surface area contributed by atoms with Crippen LogP contribution in [0.25, 0.3) is 0 Å². The Labute approximate surface area is 108 Å². The lowest BCUT2D eigenvalue weighted by Crippen LogP contribution is -2.20. The van der Waals surface area contributed by atoms with Gasteiger partial charge in [-0.2, -0.15) is 15.6 Å². The van der Waals surface area contributed by atoms with Crippen molar-refractivity contribution < 1.29 is 4.79 Å². The molecule has 0 atom stereocenters. The molecule has 2 amide bonds. The van der Waals surface area contributed by atoms with Crippen molar-refractivity contribution in [3.8, 4) is 12.1 Å². The molecule has 0 spiro atoms. The first-order chi connectivity index (χ1) is 9.22. The lowest BCUT2D eigenvalue weighted by molar-refractivity contribution is 0.262. The van der Waals surface area contributed by atoms with Gasteiger partial charge in [-0.3, -0.25) is 10.4 Å². The maximum atomic E-state index is 11.7. The summed E-state index contributed by atoms with van der Waals surface area (Å²) >= 11 is 0. The van der Waals surface area contributed by atoms with E-state index in [-0.39, 0.29) is 11.4 Å². The largest absolute Gasteiger partial charge is 0.324 e. The monoisotopic (exact) mass is 252 g/mol. The van der Waals surface area contributed by atoms with Crippen LogP contribution in [0.1, 0.15) is 11.1 Å². The summed E-state index contributed by atoms with van der Waals surface area (Å²) in [4.78, 5) is 11.7. The molecule has 0 fully saturated rings. The molecule has 0 unspecified atom stereocenters. The number of amides is 2. The van der Waals surface area contributed by atoms with E-state index in [0.29, 0.717) is 11.3 Å². The minimum absolute atomic E-state index is 0.230. The zero-order chi connectivity index (χ0) is 13.7. The number of benzene rings is 1. The molecule has 1 aromatic heterocycles. The number of aromatic nitrogens is 2. The standard InChI is InChI=1S/C12H8N6O/c13-5-8-1-3-10(4-2-8)16-12(19)17-11-9(6-14)7-15-18-11/h1-4,7H,(H3,15,16,17,18,19). The first-order valence-electron chi connectivity index (χ1n) is 5.24. The molecule has 0 aliphatic heterocycles. The second-order valence-electron chi connectivity index (χ2n) is 3.54. The molecule has 3 N–H and O–H groups in total. The van der Waals surface area contributed by atoms with Crippen molar-refractivity contribution in [2.45, 2.75) is 0 Å². The molecule has 0 bridgehead atoms. The van der Waals surface area contributed by atoms with Crippen LogP contribution in [0.3, 0.4) is 0 Å². The summed E-state index contributed by atoms with van der Waals surface area (Å²) in [5, 5.41) is 28.6. The Balaban J connectivity index is 2.02. The van der Waals surface area contributed by atoms with Gasteiger partial charge in [0.2, 0.25) is 0 Å². The molecule has 92 valence electrons. The van der Waals surface area contributed by atoms with Gasteiger partial charge in [0.25, 0.3) is 0 Å². The fourth-order valence-electron chi connectivity index (χ4n) is 1.37. The Morgan fingerprint density at radius 1 is 1.16 bits per heavy atom. The number of carbonyl (C=O) groups is 1. The van der Waals surface area contributed by atoms with E-state index in [9.17, 15) is 4.79 Å². The zero-order valence-electron chi connectivity index (χ0n) is 9.64. The van der Waals surface area contributed by atoms with Gasteiger partial charge in [-0.05, 0) is 24.3 Å². The van der Waals surface area contributed by atoms with E-state index in [1.807, 2.05) is 12.1 Å². The minimum Gasteiger partial charge on any atom is -0.308 e. The summed E-state index contributed by atoms with van der Waals surface area (Å²) in [5.74, 6) is 0.230. The summed E-state index contributed by atoms with van der Waals surface area (Å²) in [6, 6.07) is 9.75. The Morgan fingerprint density at radius 2 is 1.89 bits per heavy atom. The molecular weight excluding hydrogens is 244 g/mol. The second kappa shape index (κ2) is 5.34. The number of nitrogens with zero attached hydrogens (tertiary/aromatic N) is 3. The Hall–Kier alpha value is -3.32. The number of hydrogen-bond donors (Lipinski definition) is 3. The molecule has 2 aromatic rings. The van der Waals surface area contributed by atoms with Crippen molar-refractivity contribution >= 4 is 17.5 Å². The van der Waals surface area contributed by atoms with Gasteiger partial charge >= 0.3 is 6.03 Å². The lowest BCUT2D eigenvalue weighted by atomic mass is 10.2. The average molecular weight is 252 g/mol. The maximum Gasteiger partial charge on any atom is 0.324 e.